The molecule has 7 heteroatoms. The molecule has 0 fully saturated rings. The van der Waals surface area contributed by atoms with Crippen LogP contribution in [-0.2, 0) is 9.53 Å². The molecular formula is C20H19FN2O3S. The summed E-state index contributed by atoms with van der Waals surface area (Å²) in [6, 6.07) is 12.9. The summed E-state index contributed by atoms with van der Waals surface area (Å²) in [5, 5.41) is 5.36. The molecular weight excluding hydrogens is 367 g/mol. The van der Waals surface area contributed by atoms with Crippen molar-refractivity contribution >= 4 is 23.8 Å². The van der Waals surface area contributed by atoms with Crippen LogP contribution >= 0.6 is 11.8 Å². The maximum atomic E-state index is 13.8. The number of nitrogens with one attached hydrogen (secondary N) is 2. The lowest BCUT2D eigenvalue weighted by atomic mass is 9.96. The minimum atomic E-state index is -0.606. The number of urea groups is 1. The molecule has 0 aliphatic carbocycles. The Hall–Kier alpha value is -2.80. The summed E-state index contributed by atoms with van der Waals surface area (Å²) in [5.74, 6) is -0.752. The van der Waals surface area contributed by atoms with Gasteiger partial charge in [-0.1, -0.05) is 36.0 Å². The number of carbonyl (C=O) groups is 2. The topological polar surface area (TPSA) is 67.4 Å². The summed E-state index contributed by atoms with van der Waals surface area (Å²) in [6.07, 6.45) is 0. The molecule has 0 aromatic heterocycles. The first-order chi connectivity index (χ1) is 13.0. The van der Waals surface area contributed by atoms with E-state index >= 15 is 0 Å². The van der Waals surface area contributed by atoms with E-state index < -0.39 is 12.0 Å². The van der Waals surface area contributed by atoms with Crippen LogP contribution in [0.5, 0.6) is 0 Å². The van der Waals surface area contributed by atoms with E-state index in [1.165, 1.54) is 17.8 Å². The quantitative estimate of drug-likeness (QED) is 0.757. The summed E-state index contributed by atoms with van der Waals surface area (Å²) in [6.45, 7) is 3.64. The van der Waals surface area contributed by atoms with Crippen molar-refractivity contribution in [2.45, 2.75) is 29.7 Å². The number of ether oxygens (including phenoxy) is 1. The Morgan fingerprint density at radius 2 is 1.89 bits per heavy atom. The van der Waals surface area contributed by atoms with Crippen molar-refractivity contribution in [1.29, 1.82) is 0 Å². The van der Waals surface area contributed by atoms with Crippen molar-refractivity contribution in [2.75, 3.05) is 6.61 Å². The molecule has 1 heterocycles. The highest BCUT2D eigenvalue weighted by atomic mass is 32.2. The molecule has 2 amide bonds. The summed E-state index contributed by atoms with van der Waals surface area (Å²) < 4.78 is 18.9. The number of amides is 2. The van der Waals surface area contributed by atoms with Crippen LogP contribution in [0.15, 0.2) is 69.6 Å². The van der Waals surface area contributed by atoms with Gasteiger partial charge in [-0.25, -0.2) is 14.0 Å². The Morgan fingerprint density at radius 1 is 1.19 bits per heavy atom. The SMILES string of the molecule is CCOC(=O)C1=C(C)NC(=O)NC1c1ccc(Sc2ccccc2F)cc1. The molecule has 140 valence electrons. The number of benzene rings is 2. The van der Waals surface area contributed by atoms with Crippen LogP contribution < -0.4 is 10.6 Å². The average molecular weight is 386 g/mol. The van der Waals surface area contributed by atoms with Crippen LogP contribution in [0.2, 0.25) is 0 Å². The van der Waals surface area contributed by atoms with Gasteiger partial charge < -0.3 is 15.4 Å². The van der Waals surface area contributed by atoms with Gasteiger partial charge in [0.15, 0.2) is 0 Å². The lowest BCUT2D eigenvalue weighted by Gasteiger charge is -2.28. The van der Waals surface area contributed by atoms with Gasteiger partial charge in [-0.2, -0.15) is 0 Å². The van der Waals surface area contributed by atoms with Gasteiger partial charge in [0.2, 0.25) is 0 Å². The molecule has 0 spiro atoms. The van der Waals surface area contributed by atoms with Crippen LogP contribution in [0.4, 0.5) is 9.18 Å². The number of rotatable bonds is 5. The van der Waals surface area contributed by atoms with Crippen molar-refractivity contribution in [2.24, 2.45) is 0 Å². The van der Waals surface area contributed by atoms with E-state index in [1.54, 1.807) is 32.0 Å². The van der Waals surface area contributed by atoms with Crippen LogP contribution in [0.1, 0.15) is 25.5 Å². The second-order valence-electron chi connectivity index (χ2n) is 5.89. The van der Waals surface area contributed by atoms with Crippen molar-refractivity contribution in [1.82, 2.24) is 10.6 Å². The second kappa shape index (κ2) is 8.26. The molecule has 0 radical (unpaired) electrons. The minimum absolute atomic E-state index is 0.245. The maximum absolute atomic E-state index is 13.8. The zero-order valence-electron chi connectivity index (χ0n) is 14.9. The fraction of sp³-hybridized carbons (Fsp3) is 0.200. The molecule has 2 N–H and O–H groups in total. The van der Waals surface area contributed by atoms with Crippen molar-refractivity contribution in [3.63, 3.8) is 0 Å². The van der Waals surface area contributed by atoms with Crippen LogP contribution in [0, 0.1) is 5.82 Å². The van der Waals surface area contributed by atoms with Crippen molar-refractivity contribution in [3.05, 3.63) is 71.2 Å². The van der Waals surface area contributed by atoms with Gasteiger partial charge in [0.05, 0.1) is 18.2 Å². The van der Waals surface area contributed by atoms with Gasteiger partial charge >= 0.3 is 12.0 Å². The Bertz CT molecular complexity index is 896. The number of halogens is 1. The van der Waals surface area contributed by atoms with Gasteiger partial charge in [-0.3, -0.25) is 0 Å². The number of esters is 1. The van der Waals surface area contributed by atoms with Gasteiger partial charge in [0, 0.05) is 15.5 Å². The third kappa shape index (κ3) is 4.31. The van der Waals surface area contributed by atoms with Gasteiger partial charge in [-0.15, -0.1) is 0 Å². The van der Waals surface area contributed by atoms with Crippen molar-refractivity contribution < 1.29 is 18.7 Å². The van der Waals surface area contributed by atoms with E-state index in [4.69, 9.17) is 4.74 Å². The first kappa shape index (κ1) is 19.0. The normalized spacial score (nSPS) is 16.6. The Morgan fingerprint density at radius 3 is 2.56 bits per heavy atom. The first-order valence-corrected chi connectivity index (χ1v) is 9.29. The first-order valence-electron chi connectivity index (χ1n) is 8.47. The van der Waals surface area contributed by atoms with E-state index in [0.717, 1.165) is 10.5 Å². The van der Waals surface area contributed by atoms with E-state index in [0.29, 0.717) is 16.2 Å². The molecule has 2 aromatic carbocycles. The van der Waals surface area contributed by atoms with E-state index in [9.17, 15) is 14.0 Å². The predicted molar refractivity (Wildman–Crippen MR) is 101 cm³/mol. The Balaban J connectivity index is 1.86. The van der Waals surface area contributed by atoms with Crippen LogP contribution in [-0.4, -0.2) is 18.6 Å². The molecule has 3 rings (SSSR count). The van der Waals surface area contributed by atoms with E-state index in [-0.39, 0.29) is 18.5 Å². The molecule has 5 nitrogen and oxygen atoms in total. The molecule has 0 saturated heterocycles. The summed E-state index contributed by atoms with van der Waals surface area (Å²) in [5.41, 5.74) is 1.57. The number of allylic oxidation sites excluding steroid dienone is 1. The molecule has 1 unspecified atom stereocenters. The zero-order valence-corrected chi connectivity index (χ0v) is 15.7. The molecule has 1 atom stereocenters. The third-order valence-corrected chi connectivity index (χ3v) is 5.10. The average Bonchev–Trinajstić information content (AvgIpc) is 2.64. The smallest absolute Gasteiger partial charge is 0.338 e. The molecule has 0 bridgehead atoms. The zero-order chi connectivity index (χ0) is 19.4. The van der Waals surface area contributed by atoms with Gasteiger partial charge in [-0.05, 0) is 43.7 Å². The lowest BCUT2D eigenvalue weighted by molar-refractivity contribution is -0.139. The molecule has 2 aromatic rings. The largest absolute Gasteiger partial charge is 0.463 e. The lowest BCUT2D eigenvalue weighted by Crippen LogP contribution is -2.45. The van der Waals surface area contributed by atoms with Gasteiger partial charge in [0.25, 0.3) is 0 Å². The van der Waals surface area contributed by atoms with Crippen molar-refractivity contribution in [3.8, 4) is 0 Å². The monoisotopic (exact) mass is 386 g/mol. The van der Waals surface area contributed by atoms with E-state index in [2.05, 4.69) is 10.6 Å². The fourth-order valence-corrected chi connectivity index (χ4v) is 3.64. The summed E-state index contributed by atoms with van der Waals surface area (Å²) in [7, 11) is 0. The molecule has 27 heavy (non-hydrogen) atoms. The number of hydrogen-bond acceptors (Lipinski definition) is 4. The number of hydrogen-bond donors (Lipinski definition) is 2. The fourth-order valence-electron chi connectivity index (χ4n) is 2.81. The van der Waals surface area contributed by atoms with E-state index in [1.807, 2.05) is 24.3 Å². The van der Waals surface area contributed by atoms with Crippen LogP contribution in [0.3, 0.4) is 0 Å². The molecule has 1 aliphatic rings. The maximum Gasteiger partial charge on any atom is 0.338 e. The molecule has 1 aliphatic heterocycles. The predicted octanol–water partition coefficient (Wildman–Crippen LogP) is 4.17. The Kier molecular flexibility index (Phi) is 5.81. The standard InChI is InChI=1S/C20H19FN2O3S/c1-3-26-19(24)17-12(2)22-20(25)23-18(17)13-8-10-14(11-9-13)27-16-7-5-4-6-15(16)21/h4-11,18H,3H2,1-2H3,(H2,22,23,25). The minimum Gasteiger partial charge on any atom is -0.463 e. The molecule has 0 saturated carbocycles. The number of carbonyl (C=O) groups excluding carboxylic acids is 2. The highest BCUT2D eigenvalue weighted by Crippen LogP contribution is 2.32. The highest BCUT2D eigenvalue weighted by Gasteiger charge is 2.32. The Labute approximate surface area is 161 Å². The van der Waals surface area contributed by atoms with Crippen LogP contribution in [0.25, 0.3) is 0 Å². The summed E-state index contributed by atoms with van der Waals surface area (Å²) >= 11 is 1.31. The highest BCUT2D eigenvalue weighted by molar-refractivity contribution is 7.99. The summed E-state index contributed by atoms with van der Waals surface area (Å²) in [4.78, 5) is 25.6. The second-order valence-corrected chi connectivity index (χ2v) is 7.01. The van der Waals surface area contributed by atoms with Gasteiger partial charge in [0.1, 0.15) is 5.82 Å². The third-order valence-electron chi connectivity index (χ3n) is 4.04.